The quantitative estimate of drug-likeness (QED) is 0.695. The highest BCUT2D eigenvalue weighted by atomic mass is 16.5. The van der Waals surface area contributed by atoms with Crippen molar-refractivity contribution in [1.82, 2.24) is 0 Å². The first-order chi connectivity index (χ1) is 5.77. The van der Waals surface area contributed by atoms with Gasteiger partial charge in [0.1, 0.15) is 0 Å². The zero-order valence-electron chi connectivity index (χ0n) is 7.63. The summed E-state index contributed by atoms with van der Waals surface area (Å²) < 4.78 is 5.00. The molecule has 0 aliphatic heterocycles. The molecule has 66 valence electrons. The van der Waals surface area contributed by atoms with Gasteiger partial charge in [-0.15, -0.1) is 0 Å². The van der Waals surface area contributed by atoms with Crippen molar-refractivity contribution in [3.05, 3.63) is 29.3 Å². The molecule has 0 atom stereocenters. The fraction of sp³-hybridized carbons (Fsp3) is 0.400. The molecule has 0 amide bonds. The highest BCUT2D eigenvalue weighted by molar-refractivity contribution is 5.48. The summed E-state index contributed by atoms with van der Waals surface area (Å²) in [6.45, 7) is 2.71. The van der Waals surface area contributed by atoms with Crippen LogP contribution < -0.4 is 5.73 Å². The summed E-state index contributed by atoms with van der Waals surface area (Å²) in [6, 6.07) is 6.12. The van der Waals surface area contributed by atoms with Crippen LogP contribution in [-0.4, -0.2) is 7.11 Å². The average molecular weight is 165 g/mol. The molecule has 0 bridgehead atoms. The van der Waals surface area contributed by atoms with E-state index in [0.29, 0.717) is 6.61 Å². The van der Waals surface area contributed by atoms with Crippen LogP contribution in [0, 0.1) is 0 Å². The number of hydrogen-bond acceptors (Lipinski definition) is 2. The van der Waals surface area contributed by atoms with Gasteiger partial charge in [0.25, 0.3) is 0 Å². The van der Waals surface area contributed by atoms with Gasteiger partial charge in [-0.1, -0.05) is 19.1 Å². The number of nitrogen functional groups attached to an aromatic ring is 1. The normalized spacial score (nSPS) is 10.2. The van der Waals surface area contributed by atoms with Crippen LogP contribution in [0.25, 0.3) is 0 Å². The lowest BCUT2D eigenvalue weighted by Gasteiger charge is -2.05. The van der Waals surface area contributed by atoms with E-state index in [1.54, 1.807) is 7.11 Å². The number of nitrogens with two attached hydrogens (primary N) is 1. The maximum absolute atomic E-state index is 5.80. The van der Waals surface area contributed by atoms with Crippen LogP contribution in [0.15, 0.2) is 18.2 Å². The van der Waals surface area contributed by atoms with E-state index in [1.165, 1.54) is 5.56 Å². The monoisotopic (exact) mass is 165 g/mol. The molecular weight excluding hydrogens is 150 g/mol. The first kappa shape index (κ1) is 9.07. The van der Waals surface area contributed by atoms with E-state index in [2.05, 4.69) is 13.0 Å². The first-order valence-corrected chi connectivity index (χ1v) is 4.14. The number of aryl methyl sites for hydroxylation is 1. The minimum Gasteiger partial charge on any atom is -0.398 e. The summed E-state index contributed by atoms with van der Waals surface area (Å²) in [5, 5.41) is 0. The number of methoxy groups -OCH3 is 1. The van der Waals surface area contributed by atoms with Crippen molar-refractivity contribution in [1.29, 1.82) is 0 Å². The maximum Gasteiger partial charge on any atom is 0.0733 e. The lowest BCUT2D eigenvalue weighted by atomic mass is 10.1. The molecule has 0 aliphatic rings. The summed E-state index contributed by atoms with van der Waals surface area (Å²) in [5.41, 5.74) is 8.97. The Morgan fingerprint density at radius 3 is 2.67 bits per heavy atom. The molecule has 1 aromatic carbocycles. The molecule has 0 aromatic heterocycles. The summed E-state index contributed by atoms with van der Waals surface area (Å²) >= 11 is 0. The fourth-order valence-corrected chi connectivity index (χ4v) is 1.15. The molecule has 0 aliphatic carbocycles. The summed E-state index contributed by atoms with van der Waals surface area (Å²) in [6.07, 6.45) is 1.03. The molecule has 1 rings (SSSR count). The van der Waals surface area contributed by atoms with Gasteiger partial charge in [-0.25, -0.2) is 0 Å². The topological polar surface area (TPSA) is 35.2 Å². The van der Waals surface area contributed by atoms with Crippen molar-refractivity contribution < 1.29 is 4.74 Å². The number of ether oxygens (including phenoxy) is 1. The van der Waals surface area contributed by atoms with Crippen molar-refractivity contribution >= 4 is 5.69 Å². The molecule has 12 heavy (non-hydrogen) atoms. The van der Waals surface area contributed by atoms with E-state index >= 15 is 0 Å². The molecule has 0 saturated heterocycles. The number of anilines is 1. The second-order valence-electron chi connectivity index (χ2n) is 2.82. The first-order valence-electron chi connectivity index (χ1n) is 4.14. The molecule has 0 spiro atoms. The highest BCUT2D eigenvalue weighted by Gasteiger charge is 1.98. The van der Waals surface area contributed by atoms with Gasteiger partial charge in [0.2, 0.25) is 0 Å². The van der Waals surface area contributed by atoms with Gasteiger partial charge >= 0.3 is 0 Å². The standard InChI is InChI=1S/C10H15NO/c1-3-8-4-5-9(7-12-2)10(11)6-8/h4-6H,3,7,11H2,1-2H3. The minimum absolute atomic E-state index is 0.593. The lowest BCUT2D eigenvalue weighted by molar-refractivity contribution is 0.185. The van der Waals surface area contributed by atoms with Crippen molar-refractivity contribution in [3.8, 4) is 0 Å². The van der Waals surface area contributed by atoms with Crippen LogP contribution in [0.1, 0.15) is 18.1 Å². The Labute approximate surface area is 73.3 Å². The van der Waals surface area contributed by atoms with Crippen molar-refractivity contribution in [3.63, 3.8) is 0 Å². The van der Waals surface area contributed by atoms with E-state index in [-0.39, 0.29) is 0 Å². The predicted molar refractivity (Wildman–Crippen MR) is 50.9 cm³/mol. The van der Waals surface area contributed by atoms with Gasteiger partial charge in [-0.05, 0) is 18.1 Å². The van der Waals surface area contributed by atoms with Crippen LogP contribution in [0.2, 0.25) is 0 Å². The van der Waals surface area contributed by atoms with Crippen molar-refractivity contribution in [2.75, 3.05) is 12.8 Å². The van der Waals surface area contributed by atoms with E-state index in [1.807, 2.05) is 12.1 Å². The number of rotatable bonds is 3. The summed E-state index contributed by atoms with van der Waals surface area (Å²) in [4.78, 5) is 0. The molecule has 0 fully saturated rings. The van der Waals surface area contributed by atoms with Crippen molar-refractivity contribution in [2.45, 2.75) is 20.0 Å². The smallest absolute Gasteiger partial charge is 0.0733 e. The maximum atomic E-state index is 5.80. The number of benzene rings is 1. The van der Waals surface area contributed by atoms with Crippen LogP contribution >= 0.6 is 0 Å². The molecule has 2 N–H and O–H groups in total. The van der Waals surface area contributed by atoms with Crippen LogP contribution in [-0.2, 0) is 17.8 Å². The van der Waals surface area contributed by atoms with E-state index in [4.69, 9.17) is 10.5 Å². The Bertz CT molecular complexity index is 258. The second-order valence-corrected chi connectivity index (χ2v) is 2.82. The van der Waals surface area contributed by atoms with Gasteiger partial charge < -0.3 is 10.5 Å². The summed E-state index contributed by atoms with van der Waals surface area (Å²) in [7, 11) is 1.67. The summed E-state index contributed by atoms with van der Waals surface area (Å²) in [5.74, 6) is 0. The largest absolute Gasteiger partial charge is 0.398 e. The lowest BCUT2D eigenvalue weighted by Crippen LogP contribution is -1.96. The molecule has 1 aromatic rings. The van der Waals surface area contributed by atoms with Crippen LogP contribution in [0.4, 0.5) is 5.69 Å². The van der Waals surface area contributed by atoms with Gasteiger partial charge in [-0.3, -0.25) is 0 Å². The molecule has 2 heteroatoms. The highest BCUT2D eigenvalue weighted by Crippen LogP contribution is 2.15. The average Bonchev–Trinajstić information content (AvgIpc) is 2.09. The number of hydrogen-bond donors (Lipinski definition) is 1. The Morgan fingerprint density at radius 1 is 1.42 bits per heavy atom. The van der Waals surface area contributed by atoms with E-state index in [9.17, 15) is 0 Å². The third-order valence-corrected chi connectivity index (χ3v) is 1.92. The van der Waals surface area contributed by atoms with E-state index in [0.717, 1.165) is 17.7 Å². The second kappa shape index (κ2) is 4.12. The van der Waals surface area contributed by atoms with Crippen LogP contribution in [0.5, 0.6) is 0 Å². The molecule has 2 nitrogen and oxygen atoms in total. The molecule has 0 heterocycles. The minimum atomic E-state index is 0.593. The Hall–Kier alpha value is -1.02. The molecule has 0 saturated carbocycles. The SMILES string of the molecule is CCc1ccc(COC)c(N)c1. The third-order valence-electron chi connectivity index (χ3n) is 1.92. The molecule has 0 radical (unpaired) electrons. The molecular formula is C10H15NO. The zero-order chi connectivity index (χ0) is 8.97. The van der Waals surface area contributed by atoms with Gasteiger partial charge in [0.05, 0.1) is 6.61 Å². The third kappa shape index (κ3) is 1.98. The van der Waals surface area contributed by atoms with Crippen molar-refractivity contribution in [2.24, 2.45) is 0 Å². The predicted octanol–water partition coefficient (Wildman–Crippen LogP) is 1.98. The van der Waals surface area contributed by atoms with Gasteiger partial charge in [-0.2, -0.15) is 0 Å². The molecule has 0 unspecified atom stereocenters. The van der Waals surface area contributed by atoms with Gasteiger partial charge in [0, 0.05) is 18.4 Å². The van der Waals surface area contributed by atoms with Crippen LogP contribution in [0.3, 0.4) is 0 Å². The zero-order valence-corrected chi connectivity index (χ0v) is 7.63. The Morgan fingerprint density at radius 2 is 2.17 bits per heavy atom. The van der Waals surface area contributed by atoms with Gasteiger partial charge in [0.15, 0.2) is 0 Å². The van der Waals surface area contributed by atoms with E-state index < -0.39 is 0 Å². The fourth-order valence-electron chi connectivity index (χ4n) is 1.15. The Balaban J connectivity index is 2.87. The Kier molecular flexibility index (Phi) is 3.11.